The molecule has 2 aromatic rings. The minimum Gasteiger partial charge on any atom is -0.359 e. The number of nitrogens with one attached hydrogen (secondary N) is 3. The SMILES string of the molecule is CNC(=O)C1CCC(NC(=O)c2n[nH]c3ccccc23)CC1. The zero-order chi connectivity index (χ0) is 15.5. The first kappa shape index (κ1) is 14.6. The van der Waals surface area contributed by atoms with Crippen LogP contribution in [-0.4, -0.2) is 35.1 Å². The summed E-state index contributed by atoms with van der Waals surface area (Å²) in [4.78, 5) is 24.0. The van der Waals surface area contributed by atoms with E-state index in [1.165, 1.54) is 0 Å². The van der Waals surface area contributed by atoms with Gasteiger partial charge in [0.25, 0.3) is 5.91 Å². The Morgan fingerprint density at radius 1 is 1.18 bits per heavy atom. The Morgan fingerprint density at radius 2 is 1.91 bits per heavy atom. The molecule has 1 aliphatic carbocycles. The number of rotatable bonds is 3. The first-order chi connectivity index (χ1) is 10.7. The van der Waals surface area contributed by atoms with Crippen LogP contribution >= 0.6 is 0 Å². The summed E-state index contributed by atoms with van der Waals surface area (Å²) in [6.45, 7) is 0. The van der Waals surface area contributed by atoms with Crippen molar-refractivity contribution in [2.45, 2.75) is 31.7 Å². The molecule has 3 rings (SSSR count). The van der Waals surface area contributed by atoms with Crippen molar-refractivity contribution in [2.24, 2.45) is 5.92 Å². The van der Waals surface area contributed by atoms with E-state index in [2.05, 4.69) is 20.8 Å². The molecule has 1 heterocycles. The highest BCUT2D eigenvalue weighted by molar-refractivity contribution is 6.04. The van der Waals surface area contributed by atoms with Crippen LogP contribution < -0.4 is 10.6 Å². The normalized spacial score (nSPS) is 21.5. The largest absolute Gasteiger partial charge is 0.359 e. The Morgan fingerprint density at radius 3 is 2.64 bits per heavy atom. The molecular formula is C16H20N4O2. The van der Waals surface area contributed by atoms with Gasteiger partial charge in [-0.2, -0.15) is 5.10 Å². The number of amides is 2. The molecule has 0 bridgehead atoms. The zero-order valence-corrected chi connectivity index (χ0v) is 12.6. The van der Waals surface area contributed by atoms with Crippen molar-refractivity contribution in [3.63, 3.8) is 0 Å². The highest BCUT2D eigenvalue weighted by Crippen LogP contribution is 2.25. The lowest BCUT2D eigenvalue weighted by atomic mass is 9.85. The molecule has 116 valence electrons. The van der Waals surface area contributed by atoms with E-state index in [0.717, 1.165) is 36.6 Å². The summed E-state index contributed by atoms with van der Waals surface area (Å²) in [7, 11) is 1.67. The van der Waals surface area contributed by atoms with E-state index in [9.17, 15) is 9.59 Å². The molecule has 1 aromatic carbocycles. The minimum atomic E-state index is -0.152. The van der Waals surface area contributed by atoms with Gasteiger partial charge in [-0.15, -0.1) is 0 Å². The molecule has 0 atom stereocenters. The van der Waals surface area contributed by atoms with Gasteiger partial charge in [0.05, 0.1) is 5.52 Å². The maximum Gasteiger partial charge on any atom is 0.272 e. The van der Waals surface area contributed by atoms with Gasteiger partial charge in [0, 0.05) is 24.4 Å². The fourth-order valence-electron chi connectivity index (χ4n) is 3.09. The van der Waals surface area contributed by atoms with Crippen molar-refractivity contribution in [3.8, 4) is 0 Å². The molecule has 2 amide bonds. The summed E-state index contributed by atoms with van der Waals surface area (Å²) < 4.78 is 0. The first-order valence-electron chi connectivity index (χ1n) is 7.64. The molecule has 0 saturated heterocycles. The molecule has 1 aromatic heterocycles. The van der Waals surface area contributed by atoms with Gasteiger partial charge in [0.15, 0.2) is 5.69 Å². The second-order valence-electron chi connectivity index (χ2n) is 5.75. The summed E-state index contributed by atoms with van der Waals surface area (Å²) in [6.07, 6.45) is 3.27. The number of aromatic amines is 1. The lowest BCUT2D eigenvalue weighted by Crippen LogP contribution is -2.40. The van der Waals surface area contributed by atoms with Crippen molar-refractivity contribution in [1.82, 2.24) is 20.8 Å². The van der Waals surface area contributed by atoms with Crippen LogP contribution in [-0.2, 0) is 4.79 Å². The number of carbonyl (C=O) groups excluding carboxylic acids is 2. The highest BCUT2D eigenvalue weighted by atomic mass is 16.2. The van der Waals surface area contributed by atoms with Gasteiger partial charge in [-0.25, -0.2) is 0 Å². The summed E-state index contributed by atoms with van der Waals surface area (Å²) in [5, 5.41) is 13.6. The van der Waals surface area contributed by atoms with Crippen LogP contribution in [0.5, 0.6) is 0 Å². The molecule has 3 N–H and O–H groups in total. The van der Waals surface area contributed by atoms with Crippen LogP contribution in [0.3, 0.4) is 0 Å². The van der Waals surface area contributed by atoms with E-state index in [4.69, 9.17) is 0 Å². The third-order valence-corrected chi connectivity index (χ3v) is 4.37. The van der Waals surface area contributed by atoms with Crippen LogP contribution in [0.2, 0.25) is 0 Å². The van der Waals surface area contributed by atoms with Gasteiger partial charge in [-0.05, 0) is 31.7 Å². The predicted molar refractivity (Wildman–Crippen MR) is 83.4 cm³/mol. The number of carbonyl (C=O) groups is 2. The predicted octanol–water partition coefficient (Wildman–Crippen LogP) is 1.60. The first-order valence-corrected chi connectivity index (χ1v) is 7.64. The average Bonchev–Trinajstić information content (AvgIpc) is 2.99. The van der Waals surface area contributed by atoms with Crippen molar-refractivity contribution >= 4 is 22.7 Å². The number of para-hydroxylation sites is 1. The quantitative estimate of drug-likeness (QED) is 0.804. The number of hydrogen-bond acceptors (Lipinski definition) is 3. The Labute approximate surface area is 128 Å². The van der Waals surface area contributed by atoms with Crippen molar-refractivity contribution < 1.29 is 9.59 Å². The molecule has 1 fully saturated rings. The van der Waals surface area contributed by atoms with E-state index in [1.54, 1.807) is 7.05 Å². The zero-order valence-electron chi connectivity index (χ0n) is 12.6. The van der Waals surface area contributed by atoms with Crippen LogP contribution in [0, 0.1) is 5.92 Å². The van der Waals surface area contributed by atoms with E-state index in [1.807, 2.05) is 24.3 Å². The average molecular weight is 300 g/mol. The number of aromatic nitrogens is 2. The van der Waals surface area contributed by atoms with Crippen molar-refractivity contribution in [2.75, 3.05) is 7.05 Å². The highest BCUT2D eigenvalue weighted by Gasteiger charge is 2.27. The second kappa shape index (κ2) is 6.17. The van der Waals surface area contributed by atoms with Gasteiger partial charge in [-0.3, -0.25) is 14.7 Å². The number of fused-ring (bicyclic) bond motifs is 1. The molecule has 6 nitrogen and oxygen atoms in total. The van der Waals surface area contributed by atoms with Gasteiger partial charge < -0.3 is 10.6 Å². The van der Waals surface area contributed by atoms with E-state index in [0.29, 0.717) is 5.69 Å². The number of nitrogens with zero attached hydrogens (tertiary/aromatic N) is 1. The summed E-state index contributed by atoms with van der Waals surface area (Å²) >= 11 is 0. The summed E-state index contributed by atoms with van der Waals surface area (Å²) in [5.74, 6) is 0.0216. The van der Waals surface area contributed by atoms with E-state index < -0.39 is 0 Å². The van der Waals surface area contributed by atoms with Gasteiger partial charge >= 0.3 is 0 Å². The molecule has 0 spiro atoms. The van der Waals surface area contributed by atoms with Crippen LogP contribution in [0.1, 0.15) is 36.2 Å². The van der Waals surface area contributed by atoms with Crippen molar-refractivity contribution in [3.05, 3.63) is 30.0 Å². The molecule has 1 aliphatic rings. The van der Waals surface area contributed by atoms with Crippen molar-refractivity contribution in [1.29, 1.82) is 0 Å². The third kappa shape index (κ3) is 2.81. The minimum absolute atomic E-state index is 0.0735. The fraction of sp³-hybridized carbons (Fsp3) is 0.438. The number of benzene rings is 1. The Kier molecular flexibility index (Phi) is 4.09. The van der Waals surface area contributed by atoms with Crippen LogP contribution in [0.4, 0.5) is 0 Å². The molecule has 1 saturated carbocycles. The number of H-pyrrole nitrogens is 1. The Hall–Kier alpha value is -2.37. The smallest absolute Gasteiger partial charge is 0.272 e. The van der Waals surface area contributed by atoms with E-state index in [-0.39, 0.29) is 23.8 Å². The second-order valence-corrected chi connectivity index (χ2v) is 5.75. The van der Waals surface area contributed by atoms with Gasteiger partial charge in [0.1, 0.15) is 0 Å². The lowest BCUT2D eigenvalue weighted by Gasteiger charge is -2.27. The van der Waals surface area contributed by atoms with Gasteiger partial charge in [-0.1, -0.05) is 18.2 Å². The maximum atomic E-state index is 12.4. The fourth-order valence-corrected chi connectivity index (χ4v) is 3.09. The summed E-state index contributed by atoms with van der Waals surface area (Å²) in [5.41, 5.74) is 1.29. The Balaban J connectivity index is 1.62. The molecule has 22 heavy (non-hydrogen) atoms. The standard InChI is InChI=1S/C16H20N4O2/c1-17-15(21)10-6-8-11(9-7-10)18-16(22)14-12-4-2-3-5-13(12)19-20-14/h2-5,10-11H,6-9H2,1H3,(H,17,21)(H,18,22)(H,19,20). The monoisotopic (exact) mass is 300 g/mol. The lowest BCUT2D eigenvalue weighted by molar-refractivity contribution is -0.125. The van der Waals surface area contributed by atoms with Gasteiger partial charge in [0.2, 0.25) is 5.91 Å². The third-order valence-electron chi connectivity index (χ3n) is 4.37. The summed E-state index contributed by atoms with van der Waals surface area (Å²) in [6, 6.07) is 7.69. The molecule has 0 radical (unpaired) electrons. The maximum absolute atomic E-state index is 12.4. The van der Waals surface area contributed by atoms with Crippen LogP contribution in [0.15, 0.2) is 24.3 Å². The van der Waals surface area contributed by atoms with Crippen LogP contribution in [0.25, 0.3) is 10.9 Å². The van der Waals surface area contributed by atoms with E-state index >= 15 is 0 Å². The number of hydrogen-bond donors (Lipinski definition) is 3. The topological polar surface area (TPSA) is 86.9 Å². The molecular weight excluding hydrogens is 280 g/mol. The Bertz CT molecular complexity index is 686. The molecule has 0 aliphatic heterocycles. The molecule has 0 unspecified atom stereocenters. The molecule has 6 heteroatoms.